The minimum atomic E-state index is -0.682. The Hall–Kier alpha value is -2.10. The Balaban J connectivity index is 2.23. The Morgan fingerprint density at radius 3 is 2.81 bits per heavy atom. The second-order valence-electron chi connectivity index (χ2n) is 4.17. The molecule has 1 saturated heterocycles. The minimum Gasteiger partial charge on any atom is -0.507 e. The van der Waals surface area contributed by atoms with E-state index in [0.29, 0.717) is 9.13 Å². The van der Waals surface area contributed by atoms with Gasteiger partial charge in [-0.1, -0.05) is 6.07 Å². The summed E-state index contributed by atoms with van der Waals surface area (Å²) in [5.41, 5.74) is 0.700. The second-order valence-corrected chi connectivity index (χ2v) is 5.33. The van der Waals surface area contributed by atoms with Crippen molar-refractivity contribution in [2.24, 2.45) is 0 Å². The van der Waals surface area contributed by atoms with Gasteiger partial charge in [-0.25, -0.2) is 9.69 Å². The maximum atomic E-state index is 12.0. The van der Waals surface area contributed by atoms with Gasteiger partial charge in [0.25, 0.3) is 5.91 Å². The summed E-state index contributed by atoms with van der Waals surface area (Å²) in [6.45, 7) is -0.439. The first-order valence-electron chi connectivity index (χ1n) is 5.82. The maximum Gasteiger partial charge on any atom is 0.329 e. The molecule has 7 nitrogen and oxygen atoms in total. The van der Waals surface area contributed by atoms with Crippen LogP contribution in [0.2, 0.25) is 0 Å². The van der Waals surface area contributed by atoms with Gasteiger partial charge in [-0.3, -0.25) is 9.59 Å². The molecule has 2 rings (SSSR count). The molecule has 1 aromatic rings. The summed E-state index contributed by atoms with van der Waals surface area (Å²) >= 11 is 1.95. The molecule has 8 heteroatoms. The first kappa shape index (κ1) is 15.3. The van der Waals surface area contributed by atoms with Crippen molar-refractivity contribution >= 4 is 46.6 Å². The Kier molecular flexibility index (Phi) is 4.46. The van der Waals surface area contributed by atoms with Gasteiger partial charge >= 0.3 is 12.0 Å². The van der Waals surface area contributed by atoms with Crippen LogP contribution in [0.1, 0.15) is 5.56 Å². The molecule has 1 aliphatic rings. The smallest absolute Gasteiger partial charge is 0.329 e. The van der Waals surface area contributed by atoms with Gasteiger partial charge in [-0.2, -0.15) is 0 Å². The Morgan fingerprint density at radius 2 is 2.19 bits per heavy atom. The molecule has 1 aliphatic heterocycles. The number of phenolic OH excluding ortho intramolecular Hbond substituents is 1. The molecule has 1 fully saturated rings. The highest BCUT2D eigenvalue weighted by atomic mass is 127. The lowest BCUT2D eigenvalue weighted by Gasteiger charge is -2.09. The van der Waals surface area contributed by atoms with E-state index >= 15 is 0 Å². The minimum absolute atomic E-state index is 0.0605. The molecule has 2 N–H and O–H groups in total. The van der Waals surface area contributed by atoms with E-state index in [9.17, 15) is 19.5 Å². The molecule has 0 radical (unpaired) electrons. The quantitative estimate of drug-likeness (QED) is 0.341. The van der Waals surface area contributed by atoms with Crippen molar-refractivity contribution in [2.45, 2.75) is 0 Å². The number of methoxy groups -OCH3 is 1. The fraction of sp³-hybridized carbons (Fsp3) is 0.154. The highest BCUT2D eigenvalue weighted by Gasteiger charge is 2.35. The number of nitrogens with zero attached hydrogens (tertiary/aromatic N) is 1. The maximum absolute atomic E-state index is 12.0. The number of hydrogen-bond acceptors (Lipinski definition) is 5. The van der Waals surface area contributed by atoms with Crippen LogP contribution in [0.5, 0.6) is 5.75 Å². The Labute approximate surface area is 133 Å². The topological polar surface area (TPSA) is 95.9 Å². The SMILES string of the molecule is COC(=O)CN1C(=O)N/C(=C/c2ccc(O)c(I)c2)C1=O. The second kappa shape index (κ2) is 6.12. The van der Waals surface area contributed by atoms with Crippen LogP contribution in [0.3, 0.4) is 0 Å². The lowest BCUT2D eigenvalue weighted by molar-refractivity contribution is -0.143. The summed E-state index contributed by atoms with van der Waals surface area (Å²) in [6, 6.07) is 4.07. The number of phenols is 1. The molecular weight excluding hydrogens is 391 g/mol. The molecule has 0 spiro atoms. The zero-order chi connectivity index (χ0) is 15.6. The first-order valence-corrected chi connectivity index (χ1v) is 6.90. The van der Waals surface area contributed by atoms with Gasteiger partial charge in [0.1, 0.15) is 18.0 Å². The number of nitrogens with one attached hydrogen (secondary N) is 1. The van der Waals surface area contributed by atoms with E-state index < -0.39 is 24.5 Å². The van der Waals surface area contributed by atoms with E-state index in [1.807, 2.05) is 22.6 Å². The summed E-state index contributed by atoms with van der Waals surface area (Å²) in [7, 11) is 1.18. The Morgan fingerprint density at radius 1 is 1.48 bits per heavy atom. The lowest BCUT2D eigenvalue weighted by Crippen LogP contribution is -2.36. The van der Waals surface area contributed by atoms with Crippen molar-refractivity contribution in [3.63, 3.8) is 0 Å². The molecule has 1 heterocycles. The molecule has 0 atom stereocenters. The zero-order valence-electron chi connectivity index (χ0n) is 10.9. The third-order valence-electron chi connectivity index (χ3n) is 2.76. The van der Waals surface area contributed by atoms with E-state index in [-0.39, 0.29) is 11.4 Å². The van der Waals surface area contributed by atoms with Crippen LogP contribution in [-0.2, 0) is 14.3 Å². The van der Waals surface area contributed by atoms with Crippen LogP contribution >= 0.6 is 22.6 Å². The first-order chi connectivity index (χ1) is 9.92. The molecule has 0 aliphatic carbocycles. The normalized spacial score (nSPS) is 16.3. The fourth-order valence-corrected chi connectivity index (χ4v) is 2.23. The van der Waals surface area contributed by atoms with Crippen LogP contribution < -0.4 is 5.32 Å². The van der Waals surface area contributed by atoms with Crippen molar-refractivity contribution in [3.05, 3.63) is 33.0 Å². The number of hydrogen-bond donors (Lipinski definition) is 2. The van der Waals surface area contributed by atoms with E-state index in [2.05, 4.69) is 10.1 Å². The molecule has 0 bridgehead atoms. The molecule has 3 amide bonds. The van der Waals surface area contributed by atoms with E-state index in [0.717, 1.165) is 4.90 Å². The number of halogens is 1. The van der Waals surface area contributed by atoms with Crippen LogP contribution in [-0.4, -0.2) is 41.6 Å². The van der Waals surface area contributed by atoms with Crippen molar-refractivity contribution < 1.29 is 24.2 Å². The largest absolute Gasteiger partial charge is 0.507 e. The predicted octanol–water partition coefficient (Wildman–Crippen LogP) is 1.06. The van der Waals surface area contributed by atoms with E-state index in [1.54, 1.807) is 12.1 Å². The number of amides is 3. The number of benzene rings is 1. The van der Waals surface area contributed by atoms with E-state index in [4.69, 9.17) is 0 Å². The molecule has 0 saturated carbocycles. The number of rotatable bonds is 3. The van der Waals surface area contributed by atoms with Crippen LogP contribution in [0.4, 0.5) is 4.79 Å². The van der Waals surface area contributed by atoms with Gasteiger partial charge in [0.15, 0.2) is 0 Å². The average molecular weight is 402 g/mol. The lowest BCUT2D eigenvalue weighted by atomic mass is 10.2. The van der Waals surface area contributed by atoms with Crippen molar-refractivity contribution in [3.8, 4) is 5.75 Å². The molecular formula is C13H11IN2O5. The molecule has 0 unspecified atom stereocenters. The molecule has 21 heavy (non-hydrogen) atoms. The monoisotopic (exact) mass is 402 g/mol. The van der Waals surface area contributed by atoms with Crippen LogP contribution in [0.25, 0.3) is 6.08 Å². The zero-order valence-corrected chi connectivity index (χ0v) is 13.1. The summed E-state index contributed by atoms with van der Waals surface area (Å²) in [4.78, 5) is 35.6. The Bertz CT molecular complexity index is 656. The van der Waals surface area contributed by atoms with Gasteiger partial charge < -0.3 is 15.2 Å². The highest BCUT2D eigenvalue weighted by Crippen LogP contribution is 2.22. The van der Waals surface area contributed by atoms with Crippen molar-refractivity contribution in [1.82, 2.24) is 10.2 Å². The highest BCUT2D eigenvalue weighted by molar-refractivity contribution is 14.1. The number of ether oxygens (including phenoxy) is 1. The van der Waals surface area contributed by atoms with Gasteiger partial charge in [0.2, 0.25) is 0 Å². The fourth-order valence-electron chi connectivity index (χ4n) is 1.69. The number of urea groups is 1. The number of imide groups is 1. The summed E-state index contributed by atoms with van der Waals surface area (Å²) in [5.74, 6) is -1.15. The molecule has 110 valence electrons. The third kappa shape index (κ3) is 3.32. The van der Waals surface area contributed by atoms with Crippen molar-refractivity contribution in [1.29, 1.82) is 0 Å². The molecule has 0 aromatic heterocycles. The van der Waals surface area contributed by atoms with E-state index in [1.165, 1.54) is 19.3 Å². The molecule has 1 aromatic carbocycles. The van der Waals surface area contributed by atoms with Gasteiger partial charge in [0.05, 0.1) is 10.7 Å². The number of aromatic hydroxyl groups is 1. The van der Waals surface area contributed by atoms with Crippen LogP contribution in [0.15, 0.2) is 23.9 Å². The summed E-state index contributed by atoms with van der Waals surface area (Å²) < 4.78 is 5.05. The van der Waals surface area contributed by atoms with Crippen LogP contribution in [0, 0.1) is 3.57 Å². The van der Waals surface area contributed by atoms with Gasteiger partial charge in [-0.05, 0) is 46.4 Å². The van der Waals surface area contributed by atoms with Crippen molar-refractivity contribution in [2.75, 3.05) is 13.7 Å². The number of carbonyl (C=O) groups excluding carboxylic acids is 3. The number of esters is 1. The summed E-state index contributed by atoms with van der Waals surface area (Å²) in [5, 5.41) is 11.8. The predicted molar refractivity (Wildman–Crippen MR) is 81.1 cm³/mol. The standard InChI is InChI=1S/C13H11IN2O5/c1-21-11(18)6-16-12(19)9(15-13(16)20)5-7-2-3-10(17)8(14)4-7/h2-5,17H,6H2,1H3,(H,15,20)/b9-5+. The van der Waals surface area contributed by atoms with Gasteiger partial charge in [-0.15, -0.1) is 0 Å². The average Bonchev–Trinajstić information content (AvgIpc) is 2.70. The van der Waals surface area contributed by atoms with Gasteiger partial charge in [0, 0.05) is 0 Å². The third-order valence-corrected chi connectivity index (χ3v) is 3.62. The summed E-state index contributed by atoms with van der Waals surface area (Å²) in [6.07, 6.45) is 1.47. The number of carbonyl (C=O) groups is 3.